The lowest BCUT2D eigenvalue weighted by Gasteiger charge is -2.38. The van der Waals surface area contributed by atoms with Gasteiger partial charge in [-0.3, -0.25) is 9.59 Å². The summed E-state index contributed by atoms with van der Waals surface area (Å²) in [6.07, 6.45) is 3.90. The molecule has 1 aromatic heterocycles. The number of rotatable bonds is 6. The van der Waals surface area contributed by atoms with Crippen LogP contribution in [0.4, 0.5) is 11.5 Å². The highest BCUT2D eigenvalue weighted by molar-refractivity contribution is 6.30. The molecule has 2 aliphatic rings. The monoisotopic (exact) mass is 489 g/mol. The molecule has 2 fully saturated rings. The second-order valence-electron chi connectivity index (χ2n) is 9.26. The van der Waals surface area contributed by atoms with E-state index in [0.29, 0.717) is 30.5 Å². The van der Waals surface area contributed by atoms with E-state index in [4.69, 9.17) is 11.6 Å². The molecule has 8 heteroatoms. The molecule has 0 aliphatic carbocycles. The minimum Gasteiger partial charge on any atom is -0.353 e. The molecule has 0 spiro atoms. The number of nitrogens with one attached hydrogen (secondary N) is 1. The molecule has 0 radical (unpaired) electrons. The number of carbonyl (C=O) groups is 2. The standard InChI is InChI=1S/C27H28ClN5O2/c28-23-4-1-3-19(15-23)16-26(34)32-13-10-21(11-14-32)20-6-8-24(9-7-20)30-27(35)22-17-33(18-22)25-5-2-12-29-31-25/h1-9,12,15,21-22H,10-11,13-14,16-18H2,(H,30,35). The van der Waals surface area contributed by atoms with Gasteiger partial charge in [-0.05, 0) is 66.3 Å². The predicted octanol–water partition coefficient (Wildman–Crippen LogP) is 4.15. The van der Waals surface area contributed by atoms with Crippen LogP contribution in [-0.2, 0) is 16.0 Å². The number of amides is 2. The van der Waals surface area contributed by atoms with Crippen molar-refractivity contribution in [1.29, 1.82) is 0 Å². The van der Waals surface area contributed by atoms with Gasteiger partial charge in [0.2, 0.25) is 11.8 Å². The molecule has 5 rings (SSSR count). The third kappa shape index (κ3) is 5.62. The quantitative estimate of drug-likeness (QED) is 0.562. The molecule has 3 aromatic rings. The molecule has 35 heavy (non-hydrogen) atoms. The number of hydrogen-bond donors (Lipinski definition) is 1. The Kier molecular flexibility index (Phi) is 6.95. The van der Waals surface area contributed by atoms with E-state index in [-0.39, 0.29) is 17.7 Å². The number of anilines is 2. The van der Waals surface area contributed by atoms with Crippen LogP contribution in [0.2, 0.25) is 5.02 Å². The summed E-state index contributed by atoms with van der Waals surface area (Å²) >= 11 is 6.04. The lowest BCUT2D eigenvalue weighted by Crippen LogP contribution is -2.52. The number of carbonyl (C=O) groups excluding carboxylic acids is 2. The zero-order valence-corrected chi connectivity index (χ0v) is 20.2. The topological polar surface area (TPSA) is 78.4 Å². The van der Waals surface area contributed by atoms with Gasteiger partial charge >= 0.3 is 0 Å². The van der Waals surface area contributed by atoms with Crippen molar-refractivity contribution in [2.75, 3.05) is 36.4 Å². The first-order valence-electron chi connectivity index (χ1n) is 12.0. The summed E-state index contributed by atoms with van der Waals surface area (Å²) in [5.41, 5.74) is 3.01. The Bertz CT molecular complexity index is 1170. The summed E-state index contributed by atoms with van der Waals surface area (Å²) < 4.78 is 0. The van der Waals surface area contributed by atoms with E-state index in [1.54, 1.807) is 6.20 Å². The number of benzene rings is 2. The van der Waals surface area contributed by atoms with Gasteiger partial charge in [-0.1, -0.05) is 35.9 Å². The molecule has 2 saturated heterocycles. The maximum atomic E-state index is 12.7. The second-order valence-corrected chi connectivity index (χ2v) is 9.69. The number of piperidine rings is 1. The molecule has 2 amide bonds. The molecule has 3 heterocycles. The van der Waals surface area contributed by atoms with Crippen LogP contribution in [0.1, 0.15) is 29.9 Å². The van der Waals surface area contributed by atoms with Crippen LogP contribution in [0.5, 0.6) is 0 Å². The molecule has 2 aliphatic heterocycles. The van der Waals surface area contributed by atoms with Gasteiger partial charge in [0, 0.05) is 43.1 Å². The van der Waals surface area contributed by atoms with E-state index in [0.717, 1.165) is 43.0 Å². The van der Waals surface area contributed by atoms with Crippen molar-refractivity contribution in [2.24, 2.45) is 5.92 Å². The summed E-state index contributed by atoms with van der Waals surface area (Å²) in [6, 6.07) is 19.4. The molecule has 0 unspecified atom stereocenters. The molecule has 2 aromatic carbocycles. The van der Waals surface area contributed by atoms with Crippen molar-refractivity contribution in [2.45, 2.75) is 25.2 Å². The first kappa shape index (κ1) is 23.3. The summed E-state index contributed by atoms with van der Waals surface area (Å²) in [5, 5.41) is 11.7. The van der Waals surface area contributed by atoms with Gasteiger partial charge in [-0.15, -0.1) is 5.10 Å². The van der Waals surface area contributed by atoms with Crippen molar-refractivity contribution in [3.05, 3.63) is 83.0 Å². The number of aromatic nitrogens is 2. The summed E-state index contributed by atoms with van der Waals surface area (Å²) in [6.45, 7) is 2.81. The maximum Gasteiger partial charge on any atom is 0.231 e. The summed E-state index contributed by atoms with van der Waals surface area (Å²) in [7, 11) is 0. The zero-order valence-electron chi connectivity index (χ0n) is 19.4. The van der Waals surface area contributed by atoms with Gasteiger partial charge in [-0.25, -0.2) is 0 Å². The Morgan fingerprint density at radius 1 is 1.00 bits per heavy atom. The molecular formula is C27H28ClN5O2. The van der Waals surface area contributed by atoms with Crippen molar-refractivity contribution in [3.8, 4) is 0 Å². The average molecular weight is 490 g/mol. The van der Waals surface area contributed by atoms with E-state index in [1.807, 2.05) is 58.3 Å². The molecule has 180 valence electrons. The first-order chi connectivity index (χ1) is 17.0. The van der Waals surface area contributed by atoms with Crippen molar-refractivity contribution in [1.82, 2.24) is 15.1 Å². The Morgan fingerprint density at radius 2 is 1.77 bits per heavy atom. The van der Waals surface area contributed by atoms with Gasteiger partial charge in [0.1, 0.15) is 0 Å². The average Bonchev–Trinajstić information content (AvgIpc) is 2.84. The normalized spacial score (nSPS) is 16.6. The van der Waals surface area contributed by atoms with Crippen LogP contribution in [0.15, 0.2) is 66.9 Å². The SMILES string of the molecule is O=C(Nc1ccc(C2CCN(C(=O)Cc3cccc(Cl)c3)CC2)cc1)C1CN(c2cccnn2)C1. The third-order valence-electron chi connectivity index (χ3n) is 6.88. The highest BCUT2D eigenvalue weighted by Crippen LogP contribution is 2.30. The molecule has 0 atom stereocenters. The predicted molar refractivity (Wildman–Crippen MR) is 137 cm³/mol. The summed E-state index contributed by atoms with van der Waals surface area (Å²) in [5.74, 6) is 1.35. The minimum atomic E-state index is -0.0505. The van der Waals surface area contributed by atoms with Crippen molar-refractivity contribution in [3.63, 3.8) is 0 Å². The number of likely N-dealkylation sites (tertiary alicyclic amines) is 1. The van der Waals surface area contributed by atoms with E-state index >= 15 is 0 Å². The second kappa shape index (κ2) is 10.4. The van der Waals surface area contributed by atoms with E-state index in [1.165, 1.54) is 5.56 Å². The zero-order chi connectivity index (χ0) is 24.2. The highest BCUT2D eigenvalue weighted by Gasteiger charge is 2.33. The summed E-state index contributed by atoms with van der Waals surface area (Å²) in [4.78, 5) is 29.3. The Labute approximate surface area is 210 Å². The van der Waals surface area contributed by atoms with Crippen LogP contribution in [0.25, 0.3) is 0 Å². The van der Waals surface area contributed by atoms with Crippen LogP contribution < -0.4 is 10.2 Å². The van der Waals surface area contributed by atoms with Crippen molar-refractivity contribution >= 4 is 34.9 Å². The highest BCUT2D eigenvalue weighted by atomic mass is 35.5. The number of nitrogens with zero attached hydrogens (tertiary/aromatic N) is 4. The Balaban J connectivity index is 1.08. The number of halogens is 1. The fourth-order valence-corrected chi connectivity index (χ4v) is 4.98. The van der Waals surface area contributed by atoms with Gasteiger partial charge in [-0.2, -0.15) is 5.10 Å². The Morgan fingerprint density at radius 3 is 2.46 bits per heavy atom. The van der Waals surface area contributed by atoms with Gasteiger partial charge < -0.3 is 15.1 Å². The maximum absolute atomic E-state index is 12.7. The Hall–Kier alpha value is -3.45. The molecular weight excluding hydrogens is 462 g/mol. The van der Waals surface area contributed by atoms with Crippen LogP contribution in [-0.4, -0.2) is 53.1 Å². The van der Waals surface area contributed by atoms with Crippen LogP contribution in [0.3, 0.4) is 0 Å². The first-order valence-corrected chi connectivity index (χ1v) is 12.4. The van der Waals surface area contributed by atoms with Gasteiger partial charge in [0.05, 0.1) is 12.3 Å². The minimum absolute atomic E-state index is 0.0319. The molecule has 1 N–H and O–H groups in total. The fourth-order valence-electron chi connectivity index (χ4n) is 4.77. The van der Waals surface area contributed by atoms with Crippen molar-refractivity contribution < 1.29 is 9.59 Å². The van der Waals surface area contributed by atoms with Crippen LogP contribution in [0, 0.1) is 5.92 Å². The third-order valence-corrected chi connectivity index (χ3v) is 7.11. The lowest BCUT2D eigenvalue weighted by molar-refractivity contribution is -0.131. The molecule has 7 nitrogen and oxygen atoms in total. The number of hydrogen-bond acceptors (Lipinski definition) is 5. The molecule has 0 saturated carbocycles. The van der Waals surface area contributed by atoms with Gasteiger partial charge in [0.15, 0.2) is 5.82 Å². The fraction of sp³-hybridized carbons (Fsp3) is 0.333. The van der Waals surface area contributed by atoms with E-state index < -0.39 is 0 Å². The van der Waals surface area contributed by atoms with E-state index in [2.05, 4.69) is 27.6 Å². The smallest absolute Gasteiger partial charge is 0.231 e. The lowest BCUT2D eigenvalue weighted by atomic mass is 9.89. The molecule has 0 bridgehead atoms. The van der Waals surface area contributed by atoms with Crippen LogP contribution >= 0.6 is 11.6 Å². The van der Waals surface area contributed by atoms with E-state index in [9.17, 15) is 9.59 Å². The largest absolute Gasteiger partial charge is 0.353 e. The van der Waals surface area contributed by atoms with Gasteiger partial charge in [0.25, 0.3) is 0 Å².